The summed E-state index contributed by atoms with van der Waals surface area (Å²) in [5, 5.41) is 11.2. The normalized spacial score (nSPS) is 13.7. The molecule has 0 saturated heterocycles. The molecule has 0 spiro atoms. The van der Waals surface area contributed by atoms with Gasteiger partial charge >= 0.3 is 5.97 Å². The van der Waals surface area contributed by atoms with Gasteiger partial charge in [0.1, 0.15) is 0 Å². The molecule has 0 heterocycles. The van der Waals surface area contributed by atoms with Crippen molar-refractivity contribution >= 4 is 5.97 Å². The molecular weight excluding hydrogens is 234 g/mol. The van der Waals surface area contributed by atoms with Crippen LogP contribution >= 0.6 is 0 Å². The van der Waals surface area contributed by atoms with Crippen LogP contribution in [-0.2, 0) is 16.0 Å². The molecule has 0 aromatic heterocycles. The summed E-state index contributed by atoms with van der Waals surface area (Å²) in [6.07, 6.45) is 0.524. The van der Waals surface area contributed by atoms with E-state index in [9.17, 15) is 14.9 Å². The largest absolute Gasteiger partial charge is 0.466 e. The lowest BCUT2D eigenvalue weighted by Gasteiger charge is -2.20. The Bertz CT molecular complexity index is 418. The van der Waals surface area contributed by atoms with Crippen molar-refractivity contribution in [1.82, 2.24) is 0 Å². The molecule has 5 heteroatoms. The van der Waals surface area contributed by atoms with Crippen molar-refractivity contribution in [3.05, 3.63) is 46.0 Å². The van der Waals surface area contributed by atoms with Crippen LogP contribution in [0, 0.1) is 10.1 Å². The van der Waals surface area contributed by atoms with Gasteiger partial charge in [-0.25, -0.2) is 0 Å². The summed E-state index contributed by atoms with van der Waals surface area (Å²) >= 11 is 0. The second-order valence-corrected chi connectivity index (χ2v) is 4.51. The van der Waals surface area contributed by atoms with E-state index in [1.807, 2.05) is 30.3 Å². The van der Waals surface area contributed by atoms with Crippen LogP contribution in [0.15, 0.2) is 30.3 Å². The molecule has 1 aromatic carbocycles. The second-order valence-electron chi connectivity index (χ2n) is 4.51. The van der Waals surface area contributed by atoms with E-state index in [1.165, 1.54) is 6.92 Å². The van der Waals surface area contributed by atoms with Crippen LogP contribution in [-0.4, -0.2) is 23.0 Å². The SMILES string of the molecule is CC(=O)OCCC(C)(Cc1ccccc1)[N+](=O)[O-]. The Morgan fingerprint density at radius 2 is 2.00 bits per heavy atom. The molecule has 0 N–H and O–H groups in total. The van der Waals surface area contributed by atoms with E-state index in [1.54, 1.807) is 6.92 Å². The number of ether oxygens (including phenoxy) is 1. The van der Waals surface area contributed by atoms with Crippen molar-refractivity contribution in [3.63, 3.8) is 0 Å². The third-order valence-corrected chi connectivity index (χ3v) is 2.81. The van der Waals surface area contributed by atoms with E-state index >= 15 is 0 Å². The quantitative estimate of drug-likeness (QED) is 0.441. The molecule has 1 unspecified atom stereocenters. The number of rotatable bonds is 6. The van der Waals surface area contributed by atoms with Crippen LogP contribution in [0.2, 0.25) is 0 Å². The first-order chi connectivity index (χ1) is 8.44. The summed E-state index contributed by atoms with van der Waals surface area (Å²) in [5.41, 5.74) is -0.212. The number of nitrogens with zero attached hydrogens (tertiary/aromatic N) is 1. The van der Waals surface area contributed by atoms with Gasteiger partial charge in [-0.2, -0.15) is 0 Å². The highest BCUT2D eigenvalue weighted by Gasteiger charge is 2.37. The zero-order valence-electron chi connectivity index (χ0n) is 10.6. The monoisotopic (exact) mass is 251 g/mol. The van der Waals surface area contributed by atoms with Crippen molar-refractivity contribution < 1.29 is 14.5 Å². The van der Waals surface area contributed by atoms with E-state index in [2.05, 4.69) is 0 Å². The topological polar surface area (TPSA) is 69.4 Å². The van der Waals surface area contributed by atoms with Gasteiger partial charge in [-0.15, -0.1) is 0 Å². The number of esters is 1. The summed E-state index contributed by atoms with van der Waals surface area (Å²) < 4.78 is 4.78. The second kappa shape index (κ2) is 6.14. The van der Waals surface area contributed by atoms with Crippen molar-refractivity contribution in [3.8, 4) is 0 Å². The van der Waals surface area contributed by atoms with Gasteiger partial charge < -0.3 is 4.74 Å². The van der Waals surface area contributed by atoms with E-state index < -0.39 is 11.5 Å². The number of benzene rings is 1. The Balaban J connectivity index is 2.68. The maximum absolute atomic E-state index is 11.2. The minimum absolute atomic E-state index is 0.0691. The average Bonchev–Trinajstić information content (AvgIpc) is 2.29. The molecule has 0 aliphatic rings. The number of carbonyl (C=O) groups excluding carboxylic acids is 1. The first-order valence-electron chi connectivity index (χ1n) is 5.76. The van der Waals surface area contributed by atoms with Crippen molar-refractivity contribution in [2.24, 2.45) is 0 Å². The van der Waals surface area contributed by atoms with E-state index in [0.717, 1.165) is 5.56 Å². The van der Waals surface area contributed by atoms with E-state index in [-0.39, 0.29) is 18.0 Å². The summed E-state index contributed by atoms with van der Waals surface area (Å²) in [6, 6.07) is 9.27. The molecule has 0 aliphatic heterocycles. The molecule has 1 atom stereocenters. The predicted octanol–water partition coefficient (Wildman–Crippen LogP) is 2.22. The highest BCUT2D eigenvalue weighted by molar-refractivity contribution is 5.65. The van der Waals surface area contributed by atoms with Gasteiger partial charge in [-0.05, 0) is 5.56 Å². The molecule has 18 heavy (non-hydrogen) atoms. The fraction of sp³-hybridized carbons (Fsp3) is 0.462. The summed E-state index contributed by atoms with van der Waals surface area (Å²) in [5.74, 6) is -0.416. The maximum atomic E-state index is 11.2. The molecule has 0 aliphatic carbocycles. The smallest absolute Gasteiger partial charge is 0.302 e. The van der Waals surface area contributed by atoms with Gasteiger partial charge in [0.2, 0.25) is 5.54 Å². The lowest BCUT2D eigenvalue weighted by molar-refractivity contribution is -0.566. The number of carbonyl (C=O) groups is 1. The fourth-order valence-corrected chi connectivity index (χ4v) is 1.69. The van der Waals surface area contributed by atoms with Gasteiger partial charge in [0.05, 0.1) is 13.0 Å². The van der Waals surface area contributed by atoms with Gasteiger partial charge in [-0.3, -0.25) is 14.9 Å². The van der Waals surface area contributed by atoms with Crippen LogP contribution in [0.1, 0.15) is 25.8 Å². The van der Waals surface area contributed by atoms with Crippen molar-refractivity contribution in [2.45, 2.75) is 32.2 Å². The highest BCUT2D eigenvalue weighted by Crippen LogP contribution is 2.21. The Morgan fingerprint density at radius 3 is 2.50 bits per heavy atom. The minimum atomic E-state index is -1.11. The summed E-state index contributed by atoms with van der Waals surface area (Å²) in [7, 11) is 0. The third-order valence-electron chi connectivity index (χ3n) is 2.81. The van der Waals surface area contributed by atoms with Gasteiger partial charge in [0.15, 0.2) is 0 Å². The molecule has 98 valence electrons. The highest BCUT2D eigenvalue weighted by atomic mass is 16.6. The predicted molar refractivity (Wildman–Crippen MR) is 66.8 cm³/mol. The van der Waals surface area contributed by atoms with Crippen LogP contribution < -0.4 is 0 Å². The van der Waals surface area contributed by atoms with E-state index in [0.29, 0.717) is 6.42 Å². The Kier molecular flexibility index (Phi) is 4.83. The van der Waals surface area contributed by atoms with Crippen LogP contribution in [0.25, 0.3) is 0 Å². The van der Waals surface area contributed by atoms with Crippen LogP contribution in [0.5, 0.6) is 0 Å². The lowest BCUT2D eigenvalue weighted by Crippen LogP contribution is -2.38. The van der Waals surface area contributed by atoms with Crippen molar-refractivity contribution in [2.75, 3.05) is 6.61 Å². The minimum Gasteiger partial charge on any atom is -0.466 e. The van der Waals surface area contributed by atoms with Crippen LogP contribution in [0.4, 0.5) is 0 Å². The standard InChI is InChI=1S/C13H17NO4/c1-11(15)18-9-8-13(2,14(16)17)10-12-6-4-3-5-7-12/h3-7H,8-10H2,1-2H3. The molecule has 0 bridgehead atoms. The molecule has 0 fully saturated rings. The maximum Gasteiger partial charge on any atom is 0.302 e. The third kappa shape index (κ3) is 4.16. The summed E-state index contributed by atoms with van der Waals surface area (Å²) in [4.78, 5) is 21.5. The lowest BCUT2D eigenvalue weighted by atomic mass is 9.90. The van der Waals surface area contributed by atoms with E-state index in [4.69, 9.17) is 4.74 Å². The molecule has 0 radical (unpaired) electrons. The zero-order valence-corrected chi connectivity index (χ0v) is 10.6. The molecule has 1 rings (SSSR count). The molecule has 1 aromatic rings. The molecule has 0 amide bonds. The first kappa shape index (κ1) is 14.2. The Hall–Kier alpha value is -1.91. The fourth-order valence-electron chi connectivity index (χ4n) is 1.69. The van der Waals surface area contributed by atoms with Crippen molar-refractivity contribution in [1.29, 1.82) is 0 Å². The van der Waals surface area contributed by atoms with Crippen LogP contribution in [0.3, 0.4) is 0 Å². The average molecular weight is 251 g/mol. The number of hydrogen-bond donors (Lipinski definition) is 0. The summed E-state index contributed by atoms with van der Waals surface area (Å²) in [6.45, 7) is 2.93. The Labute approximate surface area is 106 Å². The zero-order chi connectivity index (χ0) is 13.6. The molecule has 0 saturated carbocycles. The molecular formula is C13H17NO4. The number of hydrogen-bond acceptors (Lipinski definition) is 4. The Morgan fingerprint density at radius 1 is 1.39 bits per heavy atom. The van der Waals surface area contributed by atoms with Gasteiger partial charge in [0.25, 0.3) is 0 Å². The van der Waals surface area contributed by atoms with Gasteiger partial charge in [-0.1, -0.05) is 30.3 Å². The number of nitro groups is 1. The van der Waals surface area contributed by atoms with Gasteiger partial charge in [0, 0.05) is 25.2 Å². The first-order valence-corrected chi connectivity index (χ1v) is 5.76. The molecule has 5 nitrogen and oxygen atoms in total.